The summed E-state index contributed by atoms with van der Waals surface area (Å²) < 4.78 is 19.7. The molecular formula is C20H20ClFN6O2. The van der Waals surface area contributed by atoms with Gasteiger partial charge in [0.05, 0.1) is 31.0 Å². The molecule has 8 nitrogen and oxygen atoms in total. The zero-order chi connectivity index (χ0) is 20.8. The molecule has 3 heterocycles. The lowest BCUT2D eigenvalue weighted by atomic mass is 9.61. The highest BCUT2D eigenvalue weighted by atomic mass is 35.5. The number of anilines is 1. The van der Waals surface area contributed by atoms with Gasteiger partial charge in [-0.1, -0.05) is 11.6 Å². The van der Waals surface area contributed by atoms with Gasteiger partial charge in [0.2, 0.25) is 0 Å². The molecular weight excluding hydrogens is 411 g/mol. The maximum Gasteiger partial charge on any atom is 0.311 e. The topological polar surface area (TPSA) is 106 Å². The van der Waals surface area contributed by atoms with Crippen LogP contribution in [0.2, 0.25) is 5.15 Å². The van der Waals surface area contributed by atoms with Crippen LogP contribution in [0.1, 0.15) is 25.7 Å². The lowest BCUT2D eigenvalue weighted by Crippen LogP contribution is -2.52. The van der Waals surface area contributed by atoms with Gasteiger partial charge < -0.3 is 15.0 Å². The van der Waals surface area contributed by atoms with Crippen molar-refractivity contribution in [2.24, 2.45) is 17.8 Å². The normalized spacial score (nSPS) is 25.4. The summed E-state index contributed by atoms with van der Waals surface area (Å²) in [6.07, 6.45) is 8.23. The number of rotatable bonds is 4. The van der Waals surface area contributed by atoms with Crippen molar-refractivity contribution in [2.75, 3.05) is 12.4 Å². The summed E-state index contributed by atoms with van der Waals surface area (Å²) in [5, 5.41) is 3.45. The van der Waals surface area contributed by atoms with Gasteiger partial charge in [-0.15, -0.1) is 0 Å². The van der Waals surface area contributed by atoms with Crippen LogP contribution in [-0.2, 0) is 9.53 Å². The van der Waals surface area contributed by atoms with Crippen LogP contribution in [0.25, 0.3) is 22.6 Å². The molecule has 156 valence electrons. The fourth-order valence-electron chi connectivity index (χ4n) is 4.93. The van der Waals surface area contributed by atoms with Crippen LogP contribution in [0.15, 0.2) is 18.6 Å². The maximum atomic E-state index is 14.6. The van der Waals surface area contributed by atoms with E-state index in [-0.39, 0.29) is 46.6 Å². The number of halogens is 2. The third-order valence-corrected chi connectivity index (χ3v) is 6.51. The van der Waals surface area contributed by atoms with E-state index < -0.39 is 5.82 Å². The molecule has 3 aliphatic rings. The monoisotopic (exact) mass is 430 g/mol. The summed E-state index contributed by atoms with van der Waals surface area (Å²) in [4.78, 5) is 32.4. The Bertz CT molecular complexity index is 1110. The van der Waals surface area contributed by atoms with Crippen molar-refractivity contribution in [1.29, 1.82) is 0 Å². The number of H-pyrrole nitrogens is 1. The van der Waals surface area contributed by atoms with Crippen molar-refractivity contribution in [3.63, 3.8) is 0 Å². The molecule has 3 saturated carbocycles. The Balaban J connectivity index is 1.50. The van der Waals surface area contributed by atoms with Gasteiger partial charge in [0.1, 0.15) is 10.7 Å². The van der Waals surface area contributed by atoms with E-state index in [1.165, 1.54) is 13.3 Å². The number of nitrogens with one attached hydrogen (secondary N) is 2. The minimum atomic E-state index is -0.576. The van der Waals surface area contributed by atoms with Crippen LogP contribution in [-0.4, -0.2) is 44.0 Å². The van der Waals surface area contributed by atoms with Crippen LogP contribution in [0.3, 0.4) is 0 Å². The Labute approximate surface area is 176 Å². The highest BCUT2D eigenvalue weighted by molar-refractivity contribution is 6.29. The molecule has 3 aromatic rings. The minimum absolute atomic E-state index is 0.0655. The molecule has 0 unspecified atom stereocenters. The van der Waals surface area contributed by atoms with Crippen molar-refractivity contribution in [3.8, 4) is 11.4 Å². The first kappa shape index (κ1) is 19.2. The second kappa shape index (κ2) is 7.46. The zero-order valence-corrected chi connectivity index (χ0v) is 17.0. The third-order valence-electron chi connectivity index (χ3n) is 6.33. The van der Waals surface area contributed by atoms with E-state index in [9.17, 15) is 9.18 Å². The van der Waals surface area contributed by atoms with E-state index >= 15 is 0 Å². The van der Waals surface area contributed by atoms with Gasteiger partial charge in [0.25, 0.3) is 0 Å². The van der Waals surface area contributed by atoms with Gasteiger partial charge in [-0.3, -0.25) is 4.79 Å². The number of aromatic nitrogens is 5. The van der Waals surface area contributed by atoms with Crippen molar-refractivity contribution < 1.29 is 13.9 Å². The van der Waals surface area contributed by atoms with E-state index in [0.717, 1.165) is 31.9 Å². The number of carbonyl (C=O) groups is 1. The lowest BCUT2D eigenvalue weighted by molar-refractivity contribution is -0.152. The molecule has 10 heteroatoms. The van der Waals surface area contributed by atoms with Gasteiger partial charge in [0.15, 0.2) is 23.1 Å². The first-order valence-electron chi connectivity index (χ1n) is 9.92. The summed E-state index contributed by atoms with van der Waals surface area (Å²) in [5.74, 6) is -0.262. The van der Waals surface area contributed by atoms with Crippen molar-refractivity contribution in [3.05, 3.63) is 29.6 Å². The van der Waals surface area contributed by atoms with Crippen molar-refractivity contribution >= 4 is 34.6 Å². The fraction of sp³-hybridized carbons (Fsp3) is 0.450. The second-order valence-corrected chi connectivity index (χ2v) is 8.26. The number of hydrogen-bond acceptors (Lipinski definition) is 7. The predicted octanol–water partition coefficient (Wildman–Crippen LogP) is 3.60. The molecule has 2 atom stereocenters. The van der Waals surface area contributed by atoms with Gasteiger partial charge >= 0.3 is 5.97 Å². The first-order valence-corrected chi connectivity index (χ1v) is 10.3. The molecule has 0 aliphatic heterocycles. The summed E-state index contributed by atoms with van der Waals surface area (Å²) in [5.41, 5.74) is 1.61. The number of hydrogen-bond donors (Lipinski definition) is 2. The van der Waals surface area contributed by atoms with Gasteiger partial charge in [-0.25, -0.2) is 24.3 Å². The SMILES string of the molecule is COC(=O)[C@@H]1C2CCC(CC2)[C@H]1Nc1nc(-c2c[nH]c3ncc(Cl)nc23)ncc1F. The highest BCUT2D eigenvalue weighted by Gasteiger charge is 2.48. The Hall–Kier alpha value is -2.81. The molecule has 2 bridgehead atoms. The van der Waals surface area contributed by atoms with Crippen LogP contribution in [0.5, 0.6) is 0 Å². The van der Waals surface area contributed by atoms with Crippen molar-refractivity contribution in [2.45, 2.75) is 31.7 Å². The average Bonchev–Trinajstić information content (AvgIpc) is 3.18. The average molecular weight is 431 g/mol. The van der Waals surface area contributed by atoms with Gasteiger partial charge in [-0.05, 0) is 37.5 Å². The minimum Gasteiger partial charge on any atom is -0.469 e. The molecule has 2 N–H and O–H groups in total. The molecule has 3 aromatic heterocycles. The van der Waals surface area contributed by atoms with E-state index in [1.807, 2.05) is 0 Å². The Kier molecular flexibility index (Phi) is 4.77. The smallest absolute Gasteiger partial charge is 0.311 e. The van der Waals surface area contributed by atoms with Crippen molar-refractivity contribution in [1.82, 2.24) is 24.9 Å². The summed E-state index contributed by atoms with van der Waals surface area (Å²) >= 11 is 5.97. The Morgan fingerprint density at radius 3 is 2.73 bits per heavy atom. The molecule has 0 radical (unpaired) electrons. The number of ether oxygens (including phenoxy) is 1. The summed E-state index contributed by atoms with van der Waals surface area (Å²) in [7, 11) is 1.40. The summed E-state index contributed by atoms with van der Waals surface area (Å²) in [6, 6.07) is -0.223. The lowest BCUT2D eigenvalue weighted by Gasteiger charge is -2.47. The molecule has 6 rings (SSSR count). The van der Waals surface area contributed by atoms with Crippen LogP contribution in [0.4, 0.5) is 10.2 Å². The van der Waals surface area contributed by atoms with Crippen LogP contribution < -0.4 is 5.32 Å². The van der Waals surface area contributed by atoms with Gasteiger partial charge in [0, 0.05) is 12.2 Å². The third kappa shape index (κ3) is 3.17. The first-order chi connectivity index (χ1) is 14.5. The van der Waals surface area contributed by atoms with Gasteiger partial charge in [-0.2, -0.15) is 0 Å². The molecule has 0 amide bonds. The molecule has 30 heavy (non-hydrogen) atoms. The van der Waals surface area contributed by atoms with E-state index in [0.29, 0.717) is 16.7 Å². The molecule has 3 fully saturated rings. The standard InChI is InChI=1S/C20H20ClFN6O2/c1-30-20(29)14-9-2-4-10(5-3-9)15(14)27-18-12(22)7-24-17(28-18)11-6-23-19-16(11)26-13(21)8-25-19/h6-10,14-15H,2-5H2,1H3,(H,23,25)(H,24,27,28)/t9?,10?,14-,15-/m1/s1. The molecule has 3 aliphatic carbocycles. The number of fused-ring (bicyclic) bond motifs is 4. The van der Waals surface area contributed by atoms with E-state index in [4.69, 9.17) is 16.3 Å². The second-order valence-electron chi connectivity index (χ2n) is 7.88. The number of methoxy groups -OCH3 is 1. The molecule has 0 spiro atoms. The number of carbonyl (C=O) groups excluding carboxylic acids is 1. The van der Waals surface area contributed by atoms with Crippen LogP contribution in [0, 0.1) is 23.6 Å². The number of aromatic amines is 1. The quantitative estimate of drug-likeness (QED) is 0.609. The zero-order valence-electron chi connectivity index (χ0n) is 16.2. The largest absolute Gasteiger partial charge is 0.469 e. The number of nitrogens with zero attached hydrogens (tertiary/aromatic N) is 4. The highest BCUT2D eigenvalue weighted by Crippen LogP contribution is 2.46. The van der Waals surface area contributed by atoms with E-state index in [1.54, 1.807) is 6.20 Å². The fourth-order valence-corrected chi connectivity index (χ4v) is 5.06. The summed E-state index contributed by atoms with van der Waals surface area (Å²) in [6.45, 7) is 0. The van der Waals surface area contributed by atoms with E-state index in [2.05, 4.69) is 30.2 Å². The molecule has 0 aromatic carbocycles. The Morgan fingerprint density at radius 2 is 1.97 bits per heavy atom. The maximum absolute atomic E-state index is 14.6. The Morgan fingerprint density at radius 1 is 1.20 bits per heavy atom. The molecule has 0 saturated heterocycles. The predicted molar refractivity (Wildman–Crippen MR) is 108 cm³/mol. The number of esters is 1. The van der Waals surface area contributed by atoms with Crippen LogP contribution >= 0.6 is 11.6 Å².